The van der Waals surface area contributed by atoms with Crippen molar-refractivity contribution in [1.82, 2.24) is 15.0 Å². The molecule has 0 aliphatic rings. The van der Waals surface area contributed by atoms with Crippen molar-refractivity contribution >= 4 is 23.2 Å². The first-order valence-corrected chi connectivity index (χ1v) is 7.80. The van der Waals surface area contributed by atoms with Crippen LogP contribution in [-0.4, -0.2) is 26.0 Å². The number of aromatic nitrogens is 3. The van der Waals surface area contributed by atoms with Gasteiger partial charge in [0, 0.05) is 5.69 Å². The summed E-state index contributed by atoms with van der Waals surface area (Å²) < 4.78 is 14.5. The van der Waals surface area contributed by atoms with Gasteiger partial charge < -0.3 is 10.4 Å². The zero-order valence-corrected chi connectivity index (χ0v) is 13.7. The van der Waals surface area contributed by atoms with Crippen LogP contribution in [0.2, 0.25) is 5.02 Å². The molecule has 25 heavy (non-hydrogen) atoms. The number of carbonyl (C=O) groups is 1. The highest BCUT2D eigenvalue weighted by Crippen LogP contribution is 2.20. The molecular weight excluding hydrogens is 347 g/mol. The lowest BCUT2D eigenvalue weighted by molar-refractivity contribution is 0.102. The van der Waals surface area contributed by atoms with Crippen LogP contribution in [0.4, 0.5) is 10.1 Å². The standard InChI is InChI=1S/C17H14ClFN4O2/c18-13-8-12(6-7-14(13)19)20-17(25)15-9-23(22-21-15)10-16(24)11-4-2-1-3-5-11/h1-9,16,24H,10H2,(H,20,25)/t16-/m0/s1. The van der Waals surface area contributed by atoms with Crippen LogP contribution in [0.15, 0.2) is 54.7 Å². The topological polar surface area (TPSA) is 80.0 Å². The van der Waals surface area contributed by atoms with Gasteiger partial charge in [0.1, 0.15) is 5.82 Å². The Morgan fingerprint density at radius 2 is 2.04 bits per heavy atom. The molecule has 1 amide bonds. The summed E-state index contributed by atoms with van der Waals surface area (Å²) >= 11 is 5.68. The van der Waals surface area contributed by atoms with E-state index in [1.54, 1.807) is 12.1 Å². The fourth-order valence-corrected chi connectivity index (χ4v) is 2.40. The Hall–Kier alpha value is -2.77. The molecule has 0 saturated heterocycles. The van der Waals surface area contributed by atoms with Crippen molar-refractivity contribution in [2.75, 3.05) is 5.32 Å². The van der Waals surface area contributed by atoms with E-state index in [0.29, 0.717) is 5.69 Å². The molecule has 0 unspecified atom stereocenters. The smallest absolute Gasteiger partial charge is 0.277 e. The summed E-state index contributed by atoms with van der Waals surface area (Å²) in [4.78, 5) is 12.2. The number of anilines is 1. The molecular formula is C17H14ClFN4O2. The van der Waals surface area contributed by atoms with E-state index in [1.807, 2.05) is 18.2 Å². The van der Waals surface area contributed by atoms with Gasteiger partial charge >= 0.3 is 0 Å². The van der Waals surface area contributed by atoms with Crippen molar-refractivity contribution in [3.05, 3.63) is 76.8 Å². The maximum Gasteiger partial charge on any atom is 0.277 e. The van der Waals surface area contributed by atoms with E-state index in [2.05, 4.69) is 15.6 Å². The van der Waals surface area contributed by atoms with Crippen LogP contribution in [0.25, 0.3) is 0 Å². The van der Waals surface area contributed by atoms with Crippen molar-refractivity contribution < 1.29 is 14.3 Å². The van der Waals surface area contributed by atoms with Crippen molar-refractivity contribution in [2.45, 2.75) is 12.6 Å². The van der Waals surface area contributed by atoms with Crippen LogP contribution in [-0.2, 0) is 6.54 Å². The van der Waals surface area contributed by atoms with Crippen molar-refractivity contribution in [3.63, 3.8) is 0 Å². The number of carbonyl (C=O) groups excluding carboxylic acids is 1. The van der Waals surface area contributed by atoms with Gasteiger partial charge in [-0.15, -0.1) is 5.10 Å². The molecule has 1 aromatic heterocycles. The summed E-state index contributed by atoms with van der Waals surface area (Å²) in [6, 6.07) is 13.0. The minimum Gasteiger partial charge on any atom is -0.386 e. The average molecular weight is 361 g/mol. The number of hydrogen-bond donors (Lipinski definition) is 2. The quantitative estimate of drug-likeness (QED) is 0.732. The molecule has 0 radical (unpaired) electrons. The van der Waals surface area contributed by atoms with Gasteiger partial charge in [-0.3, -0.25) is 4.79 Å². The summed E-state index contributed by atoms with van der Waals surface area (Å²) in [6.45, 7) is 0.159. The molecule has 0 aliphatic carbocycles. The fraction of sp³-hybridized carbons (Fsp3) is 0.118. The predicted molar refractivity (Wildman–Crippen MR) is 90.8 cm³/mol. The first-order valence-electron chi connectivity index (χ1n) is 7.42. The third-order valence-electron chi connectivity index (χ3n) is 3.49. The van der Waals surface area contributed by atoms with E-state index in [1.165, 1.54) is 23.0 Å². The second-order valence-electron chi connectivity index (χ2n) is 5.34. The van der Waals surface area contributed by atoms with Crippen LogP contribution in [0.5, 0.6) is 0 Å². The minimum absolute atomic E-state index is 0.0701. The van der Waals surface area contributed by atoms with Crippen LogP contribution in [0, 0.1) is 5.82 Å². The molecule has 0 fully saturated rings. The second kappa shape index (κ2) is 7.42. The van der Waals surface area contributed by atoms with Crippen LogP contribution in [0.1, 0.15) is 22.2 Å². The second-order valence-corrected chi connectivity index (χ2v) is 5.74. The van der Waals surface area contributed by atoms with E-state index < -0.39 is 17.8 Å². The third-order valence-corrected chi connectivity index (χ3v) is 3.78. The van der Waals surface area contributed by atoms with Crippen molar-refractivity contribution in [2.24, 2.45) is 0 Å². The van der Waals surface area contributed by atoms with Crippen LogP contribution >= 0.6 is 11.6 Å². The minimum atomic E-state index is -0.769. The normalized spacial score (nSPS) is 12.0. The van der Waals surface area contributed by atoms with Crippen LogP contribution < -0.4 is 5.32 Å². The van der Waals surface area contributed by atoms with Gasteiger partial charge in [0.15, 0.2) is 5.69 Å². The third kappa shape index (κ3) is 4.20. The molecule has 2 N–H and O–H groups in total. The van der Waals surface area contributed by atoms with Crippen molar-refractivity contribution in [1.29, 1.82) is 0 Å². The Morgan fingerprint density at radius 3 is 2.76 bits per heavy atom. The maximum atomic E-state index is 13.1. The Morgan fingerprint density at radius 1 is 1.28 bits per heavy atom. The number of halogens is 2. The van der Waals surface area contributed by atoms with E-state index in [9.17, 15) is 14.3 Å². The molecule has 3 aromatic rings. The first kappa shape index (κ1) is 17.1. The van der Waals surface area contributed by atoms with Gasteiger partial charge in [-0.2, -0.15) is 0 Å². The van der Waals surface area contributed by atoms with Gasteiger partial charge in [0.25, 0.3) is 5.91 Å². The molecule has 3 rings (SSSR count). The molecule has 0 saturated carbocycles. The molecule has 0 bridgehead atoms. The fourth-order valence-electron chi connectivity index (χ4n) is 2.22. The Bertz CT molecular complexity index is 885. The van der Waals surface area contributed by atoms with E-state index in [4.69, 9.17) is 11.6 Å². The molecule has 128 valence electrons. The summed E-state index contributed by atoms with van der Waals surface area (Å²) in [5.74, 6) is -1.08. The number of hydrogen-bond acceptors (Lipinski definition) is 4. The maximum absolute atomic E-state index is 13.1. The number of benzene rings is 2. The summed E-state index contributed by atoms with van der Waals surface area (Å²) in [5.41, 5.74) is 1.15. The van der Waals surface area contributed by atoms with Gasteiger partial charge in [-0.05, 0) is 23.8 Å². The summed E-state index contributed by atoms with van der Waals surface area (Å²) in [5, 5.41) is 20.3. The Labute approximate surface area is 147 Å². The number of rotatable bonds is 5. The molecule has 8 heteroatoms. The highest BCUT2D eigenvalue weighted by atomic mass is 35.5. The number of nitrogens with zero attached hydrogens (tertiary/aromatic N) is 3. The van der Waals surface area contributed by atoms with Gasteiger partial charge in [0.05, 0.1) is 23.9 Å². The Balaban J connectivity index is 1.66. The lowest BCUT2D eigenvalue weighted by atomic mass is 10.1. The molecule has 6 nitrogen and oxygen atoms in total. The SMILES string of the molecule is O=C(Nc1ccc(F)c(Cl)c1)c1cn(C[C@H](O)c2ccccc2)nn1. The molecule has 2 aromatic carbocycles. The highest BCUT2D eigenvalue weighted by molar-refractivity contribution is 6.31. The Kier molecular flexibility index (Phi) is 5.06. The molecule has 0 aliphatic heterocycles. The molecule has 1 heterocycles. The van der Waals surface area contributed by atoms with Crippen molar-refractivity contribution in [3.8, 4) is 0 Å². The number of amides is 1. The average Bonchev–Trinajstić information content (AvgIpc) is 3.07. The van der Waals surface area contributed by atoms with E-state index in [-0.39, 0.29) is 17.3 Å². The van der Waals surface area contributed by atoms with E-state index >= 15 is 0 Å². The predicted octanol–water partition coefficient (Wildman–Crippen LogP) is 3.06. The van der Waals surface area contributed by atoms with Gasteiger partial charge in [-0.25, -0.2) is 9.07 Å². The monoisotopic (exact) mass is 360 g/mol. The summed E-state index contributed by atoms with van der Waals surface area (Å²) in [7, 11) is 0. The van der Waals surface area contributed by atoms with Gasteiger partial charge in [-0.1, -0.05) is 47.1 Å². The number of aliphatic hydroxyl groups is 1. The number of aliphatic hydroxyl groups excluding tert-OH is 1. The van der Waals surface area contributed by atoms with Gasteiger partial charge in [0.2, 0.25) is 0 Å². The lowest BCUT2D eigenvalue weighted by Crippen LogP contribution is -2.12. The summed E-state index contributed by atoms with van der Waals surface area (Å²) in [6.07, 6.45) is 0.654. The first-order chi connectivity index (χ1) is 12.0. The van der Waals surface area contributed by atoms with Crippen LogP contribution in [0.3, 0.4) is 0 Å². The van der Waals surface area contributed by atoms with E-state index in [0.717, 1.165) is 11.6 Å². The molecule has 0 spiro atoms. The molecule has 1 atom stereocenters. The lowest BCUT2D eigenvalue weighted by Gasteiger charge is -2.09. The highest BCUT2D eigenvalue weighted by Gasteiger charge is 2.14. The zero-order chi connectivity index (χ0) is 17.8. The zero-order valence-electron chi connectivity index (χ0n) is 12.9. The number of nitrogens with one attached hydrogen (secondary N) is 1. The largest absolute Gasteiger partial charge is 0.386 e.